The molecular formula is C13H24. The predicted molar refractivity (Wildman–Crippen MR) is 61.9 cm³/mol. The zero-order valence-electron chi connectivity index (χ0n) is 9.26. The Morgan fingerprint density at radius 2 is 1.69 bits per heavy atom. The summed E-state index contributed by atoms with van der Waals surface area (Å²) in [7, 11) is 0. The van der Waals surface area contributed by atoms with E-state index in [1.165, 1.54) is 25.7 Å². The molecule has 0 rings (SSSR count). The Morgan fingerprint density at radius 1 is 1.00 bits per heavy atom. The molecule has 0 N–H and O–H groups in total. The second kappa shape index (κ2) is 9.57. The van der Waals surface area contributed by atoms with Crippen LogP contribution in [0.1, 0.15) is 52.4 Å². The van der Waals surface area contributed by atoms with E-state index < -0.39 is 0 Å². The van der Waals surface area contributed by atoms with E-state index in [0.717, 1.165) is 18.8 Å². The Labute approximate surface area is 83.7 Å². The van der Waals surface area contributed by atoms with E-state index in [2.05, 4.69) is 32.6 Å². The lowest BCUT2D eigenvalue weighted by Crippen LogP contribution is -1.85. The minimum atomic E-state index is 0.866. The third kappa shape index (κ3) is 11.5. The van der Waals surface area contributed by atoms with Crippen molar-refractivity contribution in [3.8, 4) is 0 Å². The van der Waals surface area contributed by atoms with Crippen LogP contribution in [0.4, 0.5) is 0 Å². The Bertz CT molecular complexity index is 131. The summed E-state index contributed by atoms with van der Waals surface area (Å²) in [6.45, 7) is 8.28. The average molecular weight is 180 g/mol. The van der Waals surface area contributed by atoms with Gasteiger partial charge >= 0.3 is 0 Å². The molecule has 0 nitrogen and oxygen atoms in total. The lowest BCUT2D eigenvalue weighted by Gasteiger charge is -2.01. The molecular weight excluding hydrogens is 156 g/mol. The maximum absolute atomic E-state index is 3.69. The average Bonchev–Trinajstić information content (AvgIpc) is 2.09. The van der Waals surface area contributed by atoms with Crippen LogP contribution in [-0.4, -0.2) is 0 Å². The van der Waals surface area contributed by atoms with Gasteiger partial charge in [0.1, 0.15) is 0 Å². The second-order valence-corrected chi connectivity index (χ2v) is 4.02. The summed E-state index contributed by atoms with van der Waals surface area (Å²) in [5.74, 6) is 0.866. The van der Waals surface area contributed by atoms with E-state index in [9.17, 15) is 0 Å². The largest absolute Gasteiger partial charge is 0.103 e. The van der Waals surface area contributed by atoms with Gasteiger partial charge in [0.2, 0.25) is 0 Å². The van der Waals surface area contributed by atoms with Gasteiger partial charge in [-0.3, -0.25) is 0 Å². The standard InChI is InChI=1S/C13H24/c1-4-5-6-7-8-9-10-11-12-13(2)3/h4,7-8,13H,1,5-6,9-12H2,2-3H3/b8-7-. The van der Waals surface area contributed by atoms with Gasteiger partial charge < -0.3 is 0 Å². The second-order valence-electron chi connectivity index (χ2n) is 4.02. The molecule has 0 aliphatic rings. The molecule has 0 fully saturated rings. The van der Waals surface area contributed by atoms with Gasteiger partial charge in [-0.05, 0) is 31.6 Å². The molecule has 0 heteroatoms. The van der Waals surface area contributed by atoms with Gasteiger partial charge in [-0.1, -0.05) is 44.9 Å². The molecule has 0 atom stereocenters. The van der Waals surface area contributed by atoms with E-state index in [1.807, 2.05) is 6.08 Å². The van der Waals surface area contributed by atoms with Crippen LogP contribution in [-0.2, 0) is 0 Å². The molecule has 0 amide bonds. The summed E-state index contributed by atoms with van der Waals surface area (Å²) in [5.41, 5.74) is 0. The summed E-state index contributed by atoms with van der Waals surface area (Å²) in [6, 6.07) is 0. The third-order valence-electron chi connectivity index (χ3n) is 2.11. The van der Waals surface area contributed by atoms with Crippen LogP contribution >= 0.6 is 0 Å². The number of unbranched alkanes of at least 4 members (excludes halogenated alkanes) is 3. The smallest absolute Gasteiger partial charge is 0.0316 e. The predicted octanol–water partition coefficient (Wildman–Crippen LogP) is 4.73. The van der Waals surface area contributed by atoms with E-state index in [1.54, 1.807) is 0 Å². The fraction of sp³-hybridized carbons (Fsp3) is 0.692. The Balaban J connectivity index is 3.06. The van der Waals surface area contributed by atoms with Gasteiger partial charge in [0, 0.05) is 0 Å². The molecule has 0 radical (unpaired) electrons. The number of rotatable bonds is 8. The summed E-state index contributed by atoms with van der Waals surface area (Å²) < 4.78 is 0. The minimum Gasteiger partial charge on any atom is -0.103 e. The van der Waals surface area contributed by atoms with Crippen molar-refractivity contribution in [1.29, 1.82) is 0 Å². The first-order chi connectivity index (χ1) is 6.27. The SMILES string of the molecule is C=CCC/C=C\CCCCC(C)C. The zero-order chi connectivity index (χ0) is 9.94. The molecule has 0 heterocycles. The normalized spacial score (nSPS) is 11.3. The molecule has 0 saturated carbocycles. The number of hydrogen-bond donors (Lipinski definition) is 0. The highest BCUT2D eigenvalue weighted by Gasteiger charge is 1.91. The van der Waals surface area contributed by atoms with Crippen molar-refractivity contribution in [3.05, 3.63) is 24.8 Å². The lowest BCUT2D eigenvalue weighted by molar-refractivity contribution is 0.540. The van der Waals surface area contributed by atoms with E-state index in [4.69, 9.17) is 0 Å². The van der Waals surface area contributed by atoms with Crippen molar-refractivity contribution in [1.82, 2.24) is 0 Å². The first-order valence-corrected chi connectivity index (χ1v) is 5.53. The molecule has 0 aromatic carbocycles. The van der Waals surface area contributed by atoms with Crippen LogP contribution in [0.3, 0.4) is 0 Å². The van der Waals surface area contributed by atoms with Crippen molar-refractivity contribution in [2.45, 2.75) is 52.4 Å². The zero-order valence-corrected chi connectivity index (χ0v) is 9.26. The van der Waals surface area contributed by atoms with Gasteiger partial charge in [-0.25, -0.2) is 0 Å². The van der Waals surface area contributed by atoms with Gasteiger partial charge in [-0.2, -0.15) is 0 Å². The molecule has 0 aromatic heterocycles. The Morgan fingerprint density at radius 3 is 2.31 bits per heavy atom. The molecule has 13 heavy (non-hydrogen) atoms. The molecule has 0 saturated heterocycles. The van der Waals surface area contributed by atoms with Crippen molar-refractivity contribution < 1.29 is 0 Å². The van der Waals surface area contributed by atoms with Crippen molar-refractivity contribution in [2.75, 3.05) is 0 Å². The molecule has 0 aromatic rings. The molecule has 0 aliphatic heterocycles. The van der Waals surface area contributed by atoms with Crippen LogP contribution in [0.15, 0.2) is 24.8 Å². The van der Waals surface area contributed by atoms with Gasteiger partial charge in [0.25, 0.3) is 0 Å². The first-order valence-electron chi connectivity index (χ1n) is 5.53. The number of hydrogen-bond acceptors (Lipinski definition) is 0. The monoisotopic (exact) mass is 180 g/mol. The highest BCUT2D eigenvalue weighted by Crippen LogP contribution is 2.08. The molecule has 76 valence electrons. The fourth-order valence-electron chi connectivity index (χ4n) is 1.26. The lowest BCUT2D eigenvalue weighted by atomic mass is 10.1. The van der Waals surface area contributed by atoms with E-state index in [-0.39, 0.29) is 0 Å². The van der Waals surface area contributed by atoms with Crippen LogP contribution in [0.5, 0.6) is 0 Å². The maximum Gasteiger partial charge on any atom is -0.0316 e. The van der Waals surface area contributed by atoms with E-state index in [0.29, 0.717) is 0 Å². The summed E-state index contributed by atoms with van der Waals surface area (Å²) in [6.07, 6.45) is 14.2. The minimum absolute atomic E-state index is 0.866. The third-order valence-corrected chi connectivity index (χ3v) is 2.11. The Hall–Kier alpha value is -0.520. The quantitative estimate of drug-likeness (QED) is 0.374. The topological polar surface area (TPSA) is 0 Å². The summed E-state index contributed by atoms with van der Waals surface area (Å²) in [4.78, 5) is 0. The fourth-order valence-corrected chi connectivity index (χ4v) is 1.26. The van der Waals surface area contributed by atoms with Crippen molar-refractivity contribution in [2.24, 2.45) is 5.92 Å². The molecule has 0 spiro atoms. The van der Waals surface area contributed by atoms with Crippen molar-refractivity contribution >= 4 is 0 Å². The molecule has 0 aliphatic carbocycles. The van der Waals surface area contributed by atoms with E-state index >= 15 is 0 Å². The first kappa shape index (κ1) is 12.5. The van der Waals surface area contributed by atoms with Gasteiger partial charge in [0.05, 0.1) is 0 Å². The van der Waals surface area contributed by atoms with Crippen LogP contribution < -0.4 is 0 Å². The summed E-state index contributed by atoms with van der Waals surface area (Å²) in [5, 5.41) is 0. The van der Waals surface area contributed by atoms with Crippen molar-refractivity contribution in [3.63, 3.8) is 0 Å². The highest BCUT2D eigenvalue weighted by atomic mass is 14.0. The molecule has 0 bridgehead atoms. The Kier molecular flexibility index (Phi) is 9.18. The maximum atomic E-state index is 3.69. The van der Waals surface area contributed by atoms with Crippen LogP contribution in [0, 0.1) is 5.92 Å². The van der Waals surface area contributed by atoms with Crippen LogP contribution in [0.2, 0.25) is 0 Å². The highest BCUT2D eigenvalue weighted by molar-refractivity contribution is 4.84. The molecule has 0 unspecified atom stereocenters. The summed E-state index contributed by atoms with van der Waals surface area (Å²) >= 11 is 0. The van der Waals surface area contributed by atoms with Crippen LogP contribution in [0.25, 0.3) is 0 Å². The number of allylic oxidation sites excluding steroid dienone is 3. The van der Waals surface area contributed by atoms with Gasteiger partial charge in [-0.15, -0.1) is 6.58 Å². The van der Waals surface area contributed by atoms with Gasteiger partial charge in [0.15, 0.2) is 0 Å².